The molecule has 0 aliphatic heterocycles. The maximum Gasteiger partial charge on any atom is 0.114 e. The van der Waals surface area contributed by atoms with E-state index in [1.165, 1.54) is 67.2 Å². The molecule has 0 aliphatic carbocycles. The lowest BCUT2D eigenvalue weighted by molar-refractivity contribution is 0.892. The van der Waals surface area contributed by atoms with E-state index < -0.39 is 7.26 Å². The molecule has 6 aromatic carbocycles. The molecule has 0 atom stereocenters. The van der Waals surface area contributed by atoms with E-state index in [-0.39, 0.29) is 0 Å². The van der Waals surface area contributed by atoms with Gasteiger partial charge in [-0.2, -0.15) is 0 Å². The second-order valence-electron chi connectivity index (χ2n) is 9.38. The van der Waals surface area contributed by atoms with Gasteiger partial charge >= 0.3 is 0 Å². The third kappa shape index (κ3) is 3.65. The lowest BCUT2D eigenvalue weighted by Crippen LogP contribution is -2.34. The van der Waals surface area contributed by atoms with Gasteiger partial charge in [-0.1, -0.05) is 123 Å². The fourth-order valence-corrected chi connectivity index (χ4v) is 10.9. The summed E-state index contributed by atoms with van der Waals surface area (Å²) < 4.78 is 0. The van der Waals surface area contributed by atoms with Crippen molar-refractivity contribution in [2.24, 2.45) is 0 Å². The van der Waals surface area contributed by atoms with Gasteiger partial charge in [0.25, 0.3) is 0 Å². The summed E-state index contributed by atoms with van der Waals surface area (Å²) in [6.07, 6.45) is 3.55. The number of fused-ring (bicyclic) bond motifs is 3. The summed E-state index contributed by atoms with van der Waals surface area (Å²) in [4.78, 5) is 0. The molecule has 1 heteroatoms. The number of benzene rings is 6. The minimum Gasteiger partial charge on any atom is -0.0652 e. The first-order valence-corrected chi connectivity index (χ1v) is 14.6. The molecule has 0 fully saturated rings. The Labute approximate surface area is 208 Å². The van der Waals surface area contributed by atoms with Crippen LogP contribution >= 0.6 is 7.26 Å². The highest BCUT2D eigenvalue weighted by atomic mass is 31.2. The van der Waals surface area contributed by atoms with Crippen LogP contribution in [0.25, 0.3) is 32.3 Å². The van der Waals surface area contributed by atoms with E-state index in [0.717, 1.165) is 0 Å². The minimum absolute atomic E-state index is 1.17. The summed E-state index contributed by atoms with van der Waals surface area (Å²) >= 11 is 0. The van der Waals surface area contributed by atoms with Crippen LogP contribution in [0.1, 0.15) is 19.8 Å². The Kier molecular flexibility index (Phi) is 5.85. The van der Waals surface area contributed by atoms with E-state index in [9.17, 15) is 0 Å². The van der Waals surface area contributed by atoms with Gasteiger partial charge in [0.15, 0.2) is 0 Å². The van der Waals surface area contributed by atoms with Gasteiger partial charge in [0, 0.05) is 16.2 Å². The Morgan fingerprint density at radius 2 is 0.771 bits per heavy atom. The first-order valence-electron chi connectivity index (χ1n) is 12.7. The topological polar surface area (TPSA) is 0 Å². The van der Waals surface area contributed by atoms with Crippen molar-refractivity contribution >= 4 is 55.5 Å². The monoisotopic (exact) mass is 469 g/mol. The molecule has 0 amide bonds. The van der Waals surface area contributed by atoms with Crippen molar-refractivity contribution in [1.82, 2.24) is 0 Å². The molecule has 0 aromatic heterocycles. The summed E-state index contributed by atoms with van der Waals surface area (Å²) in [5.41, 5.74) is 0. The van der Waals surface area contributed by atoms with Crippen molar-refractivity contribution in [1.29, 1.82) is 0 Å². The average Bonchev–Trinajstić information content (AvgIpc) is 2.93. The van der Waals surface area contributed by atoms with Crippen LogP contribution in [0.3, 0.4) is 0 Å². The zero-order valence-corrected chi connectivity index (χ0v) is 21.1. The normalized spacial score (nSPS) is 11.9. The van der Waals surface area contributed by atoms with E-state index in [0.29, 0.717) is 0 Å². The highest BCUT2D eigenvalue weighted by Gasteiger charge is 2.47. The molecule has 35 heavy (non-hydrogen) atoms. The summed E-state index contributed by atoms with van der Waals surface area (Å²) in [7, 11) is -2.01. The van der Waals surface area contributed by atoms with Gasteiger partial charge in [0.1, 0.15) is 23.2 Å². The van der Waals surface area contributed by atoms with Crippen molar-refractivity contribution in [2.45, 2.75) is 19.8 Å². The number of rotatable bonds is 6. The lowest BCUT2D eigenvalue weighted by atomic mass is 10.1. The summed E-state index contributed by atoms with van der Waals surface area (Å²) in [6, 6.07) is 47.8. The molecule has 0 N–H and O–H groups in total. The van der Waals surface area contributed by atoms with Crippen LogP contribution in [0.5, 0.6) is 0 Å². The quantitative estimate of drug-likeness (QED) is 0.216. The van der Waals surface area contributed by atoms with E-state index in [2.05, 4.69) is 134 Å². The van der Waals surface area contributed by atoms with Crippen molar-refractivity contribution in [3.05, 3.63) is 127 Å². The van der Waals surface area contributed by atoms with Gasteiger partial charge in [-0.3, -0.25) is 0 Å². The number of hydrogen-bond donors (Lipinski definition) is 0. The maximum absolute atomic E-state index is 2.43. The number of unbranched alkanes of at least 4 members (excludes halogenated alkanes) is 1. The van der Waals surface area contributed by atoms with Crippen LogP contribution in [-0.4, -0.2) is 6.16 Å². The molecule has 170 valence electrons. The van der Waals surface area contributed by atoms with E-state index >= 15 is 0 Å². The van der Waals surface area contributed by atoms with Crippen LogP contribution in [-0.2, 0) is 0 Å². The van der Waals surface area contributed by atoms with Gasteiger partial charge in [0.05, 0.1) is 6.16 Å². The van der Waals surface area contributed by atoms with Crippen LogP contribution in [0.2, 0.25) is 0 Å². The summed E-state index contributed by atoms with van der Waals surface area (Å²) in [5, 5.41) is 12.7. The highest BCUT2D eigenvalue weighted by molar-refractivity contribution is 7.96. The summed E-state index contributed by atoms with van der Waals surface area (Å²) in [5.74, 6) is 0. The van der Waals surface area contributed by atoms with Crippen LogP contribution in [0, 0.1) is 0 Å². The molecule has 6 aromatic rings. The van der Waals surface area contributed by atoms with Gasteiger partial charge in [-0.25, -0.2) is 0 Å². The molecule has 0 heterocycles. The molecule has 0 aliphatic rings. The Hall–Kier alpha value is -3.47. The predicted octanol–water partition coefficient (Wildman–Crippen LogP) is 8.24. The molecule has 0 radical (unpaired) electrons. The van der Waals surface area contributed by atoms with E-state index in [4.69, 9.17) is 0 Å². The van der Waals surface area contributed by atoms with Gasteiger partial charge < -0.3 is 0 Å². The van der Waals surface area contributed by atoms with Crippen LogP contribution < -0.4 is 15.9 Å². The molecular weight excluding hydrogens is 439 g/mol. The number of hydrogen-bond acceptors (Lipinski definition) is 0. The van der Waals surface area contributed by atoms with Crippen LogP contribution in [0.4, 0.5) is 0 Å². The maximum atomic E-state index is 2.43. The molecule has 0 saturated carbocycles. The molecule has 0 unspecified atom stereocenters. The third-order valence-corrected chi connectivity index (χ3v) is 12.0. The predicted molar refractivity (Wildman–Crippen MR) is 157 cm³/mol. The summed E-state index contributed by atoms with van der Waals surface area (Å²) in [6.45, 7) is 2.32. The second kappa shape index (κ2) is 9.29. The Morgan fingerprint density at radius 1 is 0.429 bits per heavy atom. The third-order valence-electron chi connectivity index (χ3n) is 7.38. The Morgan fingerprint density at radius 3 is 1.14 bits per heavy atom. The Balaban J connectivity index is 1.83. The molecule has 0 spiro atoms. The fourth-order valence-electron chi connectivity index (χ4n) is 5.77. The highest BCUT2D eigenvalue weighted by Crippen LogP contribution is 2.59. The minimum atomic E-state index is -2.01. The largest absolute Gasteiger partial charge is 0.114 e. The average molecular weight is 470 g/mol. The zero-order chi connectivity index (χ0) is 23.7. The molecule has 6 rings (SSSR count). The Bertz CT molecular complexity index is 1440. The van der Waals surface area contributed by atoms with Gasteiger partial charge in [-0.05, 0) is 40.8 Å². The van der Waals surface area contributed by atoms with Crippen molar-refractivity contribution in [3.63, 3.8) is 0 Å². The standard InChI is InChI=1S/C34H30P/c1-2-3-25-35(32-22-10-16-26-13-4-7-19-29(26)32,33-23-11-17-27-14-5-8-20-30(27)33)34-24-12-18-28-15-6-9-21-31(28)34/h4-24H,2-3,25H2,1H3/q+1. The van der Waals surface area contributed by atoms with Crippen molar-refractivity contribution in [3.8, 4) is 0 Å². The molecule has 0 bridgehead atoms. The fraction of sp³-hybridized carbons (Fsp3) is 0.118. The first-order chi connectivity index (χ1) is 17.3. The smallest absolute Gasteiger partial charge is 0.0652 e. The molecule has 0 nitrogen and oxygen atoms in total. The van der Waals surface area contributed by atoms with Crippen LogP contribution in [0.15, 0.2) is 127 Å². The van der Waals surface area contributed by atoms with Gasteiger partial charge in [-0.15, -0.1) is 0 Å². The van der Waals surface area contributed by atoms with E-state index in [1.807, 2.05) is 0 Å². The lowest BCUT2D eigenvalue weighted by Gasteiger charge is -2.30. The first kappa shape index (κ1) is 22.0. The van der Waals surface area contributed by atoms with Crippen molar-refractivity contribution in [2.75, 3.05) is 6.16 Å². The SMILES string of the molecule is CCCC[P+](c1cccc2ccccc12)(c1cccc2ccccc12)c1cccc2ccccc12. The van der Waals surface area contributed by atoms with Crippen molar-refractivity contribution < 1.29 is 0 Å². The second-order valence-corrected chi connectivity index (χ2v) is 12.9. The van der Waals surface area contributed by atoms with Gasteiger partial charge in [0.2, 0.25) is 0 Å². The van der Waals surface area contributed by atoms with E-state index in [1.54, 1.807) is 0 Å². The molecule has 0 saturated heterocycles. The zero-order valence-electron chi connectivity index (χ0n) is 20.2. The molecular formula is C34H30P+.